The lowest BCUT2D eigenvalue weighted by atomic mass is 9.66. The molecular weight excluding hydrogens is 300 g/mol. The topological polar surface area (TPSA) is 0 Å². The first-order valence-corrected chi connectivity index (χ1v) is 9.13. The van der Waals surface area contributed by atoms with Crippen LogP contribution < -0.4 is 0 Å². The molecule has 0 spiro atoms. The molecule has 2 aliphatic carbocycles. The molecule has 0 amide bonds. The fourth-order valence-corrected chi connectivity index (χ4v) is 4.81. The Balaban J connectivity index is 1.61. The molecule has 5 rings (SSSR count). The minimum Gasteiger partial charge on any atom is -0.0758 e. The summed E-state index contributed by atoms with van der Waals surface area (Å²) in [5, 5.41) is 2.70. The molecule has 0 fully saturated rings. The summed E-state index contributed by atoms with van der Waals surface area (Å²) in [6, 6.07) is 22.2. The summed E-state index contributed by atoms with van der Waals surface area (Å²) in [4.78, 5) is 0. The van der Waals surface area contributed by atoms with Gasteiger partial charge in [-0.2, -0.15) is 0 Å². The van der Waals surface area contributed by atoms with Gasteiger partial charge in [0.25, 0.3) is 0 Å². The summed E-state index contributed by atoms with van der Waals surface area (Å²) >= 11 is 0. The van der Waals surface area contributed by atoms with Crippen LogP contribution in [0.1, 0.15) is 47.9 Å². The van der Waals surface area contributed by atoms with Crippen LogP contribution in [0.3, 0.4) is 0 Å². The molecule has 0 bridgehead atoms. The van der Waals surface area contributed by atoms with Gasteiger partial charge >= 0.3 is 0 Å². The van der Waals surface area contributed by atoms with Gasteiger partial charge in [-0.3, -0.25) is 0 Å². The van der Waals surface area contributed by atoms with E-state index in [-0.39, 0.29) is 5.41 Å². The Morgan fingerprint density at radius 2 is 1.40 bits per heavy atom. The van der Waals surface area contributed by atoms with Gasteiger partial charge in [0.15, 0.2) is 0 Å². The largest absolute Gasteiger partial charge is 0.0758 e. The lowest BCUT2D eigenvalue weighted by molar-refractivity contribution is 0.292. The van der Waals surface area contributed by atoms with Crippen molar-refractivity contribution in [1.82, 2.24) is 0 Å². The van der Waals surface area contributed by atoms with Gasteiger partial charge < -0.3 is 0 Å². The van der Waals surface area contributed by atoms with Crippen molar-refractivity contribution >= 4 is 22.9 Å². The molecule has 3 aromatic carbocycles. The van der Waals surface area contributed by atoms with Gasteiger partial charge in [0.1, 0.15) is 0 Å². The van der Waals surface area contributed by atoms with Crippen LogP contribution in [0.5, 0.6) is 0 Å². The summed E-state index contributed by atoms with van der Waals surface area (Å²) in [5.74, 6) is 0.892. The standard InChI is InChI=1S/C25H22/c1-25(2,23-15-12-18-8-4-6-10-20(18)23)24-16-14-21-19-9-5-3-7-17(19)11-13-22(21)24/h3-16,23-24H,1-2H3. The van der Waals surface area contributed by atoms with Crippen molar-refractivity contribution in [2.45, 2.75) is 25.7 Å². The monoisotopic (exact) mass is 322 g/mol. The smallest absolute Gasteiger partial charge is 0.00875 e. The first-order valence-electron chi connectivity index (χ1n) is 9.13. The van der Waals surface area contributed by atoms with E-state index in [9.17, 15) is 0 Å². The molecule has 0 saturated heterocycles. The van der Waals surface area contributed by atoms with E-state index in [2.05, 4.69) is 98.8 Å². The third kappa shape index (κ3) is 2.07. The highest BCUT2D eigenvalue weighted by Gasteiger charge is 2.40. The van der Waals surface area contributed by atoms with Crippen LogP contribution >= 0.6 is 0 Å². The number of hydrogen-bond acceptors (Lipinski definition) is 0. The highest BCUT2D eigenvalue weighted by Crippen LogP contribution is 2.54. The summed E-state index contributed by atoms with van der Waals surface area (Å²) in [6.45, 7) is 4.84. The van der Waals surface area contributed by atoms with Crippen LogP contribution in [0, 0.1) is 5.41 Å². The lowest BCUT2D eigenvalue weighted by Gasteiger charge is -2.37. The molecule has 3 aromatic rings. The predicted octanol–water partition coefficient (Wildman–Crippen LogP) is 6.79. The van der Waals surface area contributed by atoms with Gasteiger partial charge in [-0.1, -0.05) is 98.8 Å². The van der Waals surface area contributed by atoms with E-state index in [1.807, 2.05) is 0 Å². The average Bonchev–Trinajstić information content (AvgIpc) is 3.26. The Labute approximate surface area is 149 Å². The number of fused-ring (bicyclic) bond motifs is 4. The van der Waals surface area contributed by atoms with Gasteiger partial charge in [-0.25, -0.2) is 0 Å². The predicted molar refractivity (Wildman–Crippen MR) is 108 cm³/mol. The van der Waals surface area contributed by atoms with Crippen molar-refractivity contribution in [2.24, 2.45) is 5.41 Å². The SMILES string of the molecule is CC(C)(C1C=Cc2ccccc21)C1C=Cc2c1ccc1ccccc21. The van der Waals surface area contributed by atoms with E-state index in [0.29, 0.717) is 11.8 Å². The van der Waals surface area contributed by atoms with E-state index in [1.54, 1.807) is 0 Å². The maximum Gasteiger partial charge on any atom is 0.00875 e. The van der Waals surface area contributed by atoms with Crippen LogP contribution in [-0.4, -0.2) is 0 Å². The number of hydrogen-bond donors (Lipinski definition) is 0. The Hall–Kier alpha value is -2.60. The van der Waals surface area contributed by atoms with Crippen molar-refractivity contribution in [3.63, 3.8) is 0 Å². The molecule has 2 unspecified atom stereocenters. The average molecular weight is 322 g/mol. The Kier molecular flexibility index (Phi) is 3.06. The fourth-order valence-electron chi connectivity index (χ4n) is 4.81. The van der Waals surface area contributed by atoms with Crippen molar-refractivity contribution in [3.8, 4) is 0 Å². The second-order valence-electron chi connectivity index (χ2n) is 7.91. The molecule has 0 heteroatoms. The van der Waals surface area contributed by atoms with Gasteiger partial charge in [-0.05, 0) is 38.4 Å². The van der Waals surface area contributed by atoms with E-state index >= 15 is 0 Å². The summed E-state index contributed by atoms with van der Waals surface area (Å²) in [7, 11) is 0. The van der Waals surface area contributed by atoms with Crippen LogP contribution in [0.15, 0.2) is 72.8 Å². The fraction of sp³-hybridized carbons (Fsp3) is 0.200. The van der Waals surface area contributed by atoms with Crippen LogP contribution in [0.2, 0.25) is 0 Å². The summed E-state index contributed by atoms with van der Waals surface area (Å²) in [5.41, 5.74) is 5.86. The molecule has 25 heavy (non-hydrogen) atoms. The van der Waals surface area contributed by atoms with E-state index in [0.717, 1.165) is 0 Å². The molecular formula is C25H22. The zero-order chi connectivity index (χ0) is 17.0. The molecule has 0 heterocycles. The third-order valence-electron chi connectivity index (χ3n) is 6.20. The zero-order valence-corrected chi connectivity index (χ0v) is 14.7. The molecule has 0 saturated carbocycles. The van der Waals surface area contributed by atoms with Crippen LogP contribution in [-0.2, 0) is 0 Å². The lowest BCUT2D eigenvalue weighted by Crippen LogP contribution is -2.26. The molecule has 2 aliphatic rings. The second-order valence-corrected chi connectivity index (χ2v) is 7.91. The van der Waals surface area contributed by atoms with Gasteiger partial charge in [0, 0.05) is 11.8 Å². The number of rotatable bonds is 2. The van der Waals surface area contributed by atoms with E-state index in [1.165, 1.54) is 33.0 Å². The molecule has 0 radical (unpaired) electrons. The molecule has 122 valence electrons. The van der Waals surface area contributed by atoms with Gasteiger partial charge in [0.05, 0.1) is 0 Å². The summed E-state index contributed by atoms with van der Waals surface area (Å²) < 4.78 is 0. The van der Waals surface area contributed by atoms with Gasteiger partial charge in [0.2, 0.25) is 0 Å². The summed E-state index contributed by atoms with van der Waals surface area (Å²) in [6.07, 6.45) is 9.46. The number of benzene rings is 3. The zero-order valence-electron chi connectivity index (χ0n) is 14.7. The van der Waals surface area contributed by atoms with Crippen molar-refractivity contribution in [2.75, 3.05) is 0 Å². The molecule has 0 aromatic heterocycles. The molecule has 2 atom stereocenters. The maximum absolute atomic E-state index is 2.42. The first kappa shape index (κ1) is 14.7. The van der Waals surface area contributed by atoms with E-state index < -0.39 is 0 Å². The Morgan fingerprint density at radius 1 is 0.680 bits per heavy atom. The molecule has 0 N–H and O–H groups in total. The maximum atomic E-state index is 2.42. The first-order chi connectivity index (χ1) is 12.2. The van der Waals surface area contributed by atoms with Crippen molar-refractivity contribution < 1.29 is 0 Å². The molecule has 0 nitrogen and oxygen atoms in total. The Morgan fingerprint density at radius 3 is 2.32 bits per heavy atom. The van der Waals surface area contributed by atoms with Crippen molar-refractivity contribution in [1.29, 1.82) is 0 Å². The quantitative estimate of drug-likeness (QED) is 0.487. The molecule has 0 aliphatic heterocycles. The van der Waals surface area contributed by atoms with Crippen LogP contribution in [0.4, 0.5) is 0 Å². The Bertz CT molecular complexity index is 1030. The van der Waals surface area contributed by atoms with Crippen LogP contribution in [0.25, 0.3) is 22.9 Å². The van der Waals surface area contributed by atoms with E-state index in [4.69, 9.17) is 0 Å². The minimum atomic E-state index is 0.132. The number of allylic oxidation sites excluding steroid dienone is 2. The third-order valence-corrected chi connectivity index (χ3v) is 6.20. The minimum absolute atomic E-state index is 0.132. The van der Waals surface area contributed by atoms with Crippen molar-refractivity contribution in [3.05, 3.63) is 95.1 Å². The van der Waals surface area contributed by atoms with Gasteiger partial charge in [-0.15, -0.1) is 0 Å². The highest BCUT2D eigenvalue weighted by molar-refractivity contribution is 5.93. The highest BCUT2D eigenvalue weighted by atomic mass is 14.4. The normalized spacial score (nSPS) is 20.9. The second kappa shape index (κ2) is 5.20.